The molecule has 3 rings (SSSR count). The van der Waals surface area contributed by atoms with E-state index in [9.17, 15) is 0 Å². The molecule has 0 bridgehead atoms. The van der Waals surface area contributed by atoms with Crippen molar-refractivity contribution in [1.82, 2.24) is 0 Å². The monoisotopic (exact) mass is 272 g/mol. The van der Waals surface area contributed by atoms with E-state index in [2.05, 4.69) is 29.2 Å². The lowest BCUT2D eigenvalue weighted by Crippen LogP contribution is -2.41. The molecule has 2 fully saturated rings. The highest BCUT2D eigenvalue weighted by molar-refractivity contribution is 5.48. The minimum absolute atomic E-state index is 0.135. The largest absolute Gasteiger partial charge is 0.371 e. The Morgan fingerprint density at radius 3 is 2.10 bits per heavy atom. The van der Waals surface area contributed by atoms with Crippen molar-refractivity contribution < 1.29 is 0 Å². The van der Waals surface area contributed by atoms with Crippen LogP contribution in [0.15, 0.2) is 24.3 Å². The molecule has 1 saturated heterocycles. The number of nitrogens with zero attached hydrogens (tertiary/aromatic N) is 1. The summed E-state index contributed by atoms with van der Waals surface area (Å²) in [7, 11) is 0. The van der Waals surface area contributed by atoms with Crippen LogP contribution >= 0.6 is 0 Å². The molecule has 0 amide bonds. The van der Waals surface area contributed by atoms with E-state index in [1.54, 1.807) is 0 Å². The zero-order valence-corrected chi connectivity index (χ0v) is 12.8. The van der Waals surface area contributed by atoms with Gasteiger partial charge in [0.2, 0.25) is 0 Å². The predicted octanol–water partition coefficient (Wildman–Crippen LogP) is 4.26. The zero-order valence-electron chi connectivity index (χ0n) is 12.8. The van der Waals surface area contributed by atoms with Crippen molar-refractivity contribution in [3.05, 3.63) is 29.8 Å². The van der Waals surface area contributed by atoms with E-state index < -0.39 is 0 Å². The number of hydrogen-bond acceptors (Lipinski definition) is 2. The summed E-state index contributed by atoms with van der Waals surface area (Å²) >= 11 is 0. The lowest BCUT2D eigenvalue weighted by molar-refractivity contribution is 0.144. The second kappa shape index (κ2) is 5.77. The normalized spacial score (nSPS) is 23.8. The summed E-state index contributed by atoms with van der Waals surface area (Å²) in [6.45, 7) is 4.51. The quantitative estimate of drug-likeness (QED) is 0.871. The highest BCUT2D eigenvalue weighted by Crippen LogP contribution is 2.45. The molecule has 2 aliphatic rings. The minimum atomic E-state index is 0.135. The standard InChI is InChI=1S/C18H28N2/c1-15(19)16-5-7-17(8-6-16)20-13-11-18(12-14-20)9-3-2-4-10-18/h5-8,15H,2-4,9-14,19H2,1H3. The van der Waals surface area contributed by atoms with Crippen molar-refractivity contribution in [3.8, 4) is 0 Å². The topological polar surface area (TPSA) is 29.3 Å². The van der Waals surface area contributed by atoms with Gasteiger partial charge >= 0.3 is 0 Å². The first-order valence-corrected chi connectivity index (χ1v) is 8.29. The van der Waals surface area contributed by atoms with Crippen molar-refractivity contribution in [2.24, 2.45) is 11.1 Å². The van der Waals surface area contributed by atoms with Crippen LogP contribution in [-0.2, 0) is 0 Å². The third kappa shape index (κ3) is 2.85. The van der Waals surface area contributed by atoms with Gasteiger partial charge in [-0.05, 0) is 55.7 Å². The third-order valence-corrected chi connectivity index (χ3v) is 5.52. The van der Waals surface area contributed by atoms with Gasteiger partial charge in [-0.3, -0.25) is 0 Å². The maximum absolute atomic E-state index is 5.92. The van der Waals surface area contributed by atoms with Gasteiger partial charge in [0.25, 0.3) is 0 Å². The molecule has 1 atom stereocenters. The van der Waals surface area contributed by atoms with Gasteiger partial charge in [0.05, 0.1) is 0 Å². The van der Waals surface area contributed by atoms with Crippen molar-refractivity contribution in [2.75, 3.05) is 18.0 Å². The molecule has 2 N–H and O–H groups in total. The summed E-state index contributed by atoms with van der Waals surface area (Å²) < 4.78 is 0. The van der Waals surface area contributed by atoms with Gasteiger partial charge in [-0.15, -0.1) is 0 Å². The number of piperidine rings is 1. The van der Waals surface area contributed by atoms with Crippen molar-refractivity contribution in [3.63, 3.8) is 0 Å². The molecule has 0 radical (unpaired) electrons. The van der Waals surface area contributed by atoms with Crippen molar-refractivity contribution in [1.29, 1.82) is 0 Å². The molecule has 2 nitrogen and oxygen atoms in total. The number of hydrogen-bond donors (Lipinski definition) is 1. The summed E-state index contributed by atoms with van der Waals surface area (Å²) in [5.74, 6) is 0. The van der Waals surface area contributed by atoms with Gasteiger partial charge in [0.15, 0.2) is 0 Å². The summed E-state index contributed by atoms with van der Waals surface area (Å²) in [5.41, 5.74) is 9.22. The van der Waals surface area contributed by atoms with E-state index in [4.69, 9.17) is 5.73 Å². The van der Waals surface area contributed by atoms with E-state index in [0.717, 1.165) is 0 Å². The molecular formula is C18H28N2. The summed E-state index contributed by atoms with van der Waals surface area (Å²) in [5, 5.41) is 0. The smallest absolute Gasteiger partial charge is 0.0366 e. The Morgan fingerprint density at radius 2 is 1.55 bits per heavy atom. The predicted molar refractivity (Wildman–Crippen MR) is 86.0 cm³/mol. The molecule has 20 heavy (non-hydrogen) atoms. The average Bonchev–Trinajstić information content (AvgIpc) is 2.49. The molecule has 2 heteroatoms. The molecule has 1 aromatic rings. The Kier molecular flexibility index (Phi) is 4.02. The Balaban J connectivity index is 1.62. The Labute approximate surface area is 123 Å². The first-order chi connectivity index (χ1) is 9.69. The van der Waals surface area contributed by atoms with E-state index >= 15 is 0 Å². The van der Waals surface area contributed by atoms with Gasteiger partial charge in [-0.2, -0.15) is 0 Å². The fourth-order valence-electron chi connectivity index (χ4n) is 4.03. The average molecular weight is 272 g/mol. The van der Waals surface area contributed by atoms with Crippen LogP contribution in [-0.4, -0.2) is 13.1 Å². The molecule has 0 aromatic heterocycles. The summed E-state index contributed by atoms with van der Waals surface area (Å²) in [6.07, 6.45) is 10.1. The van der Waals surface area contributed by atoms with Crippen LogP contribution in [0.4, 0.5) is 5.69 Å². The van der Waals surface area contributed by atoms with Crippen molar-refractivity contribution in [2.45, 2.75) is 57.9 Å². The van der Waals surface area contributed by atoms with E-state index in [1.807, 2.05) is 6.92 Å². The van der Waals surface area contributed by atoms with Gasteiger partial charge in [-0.1, -0.05) is 31.4 Å². The fraction of sp³-hybridized carbons (Fsp3) is 0.667. The number of benzene rings is 1. The lowest BCUT2D eigenvalue weighted by Gasteiger charge is -2.45. The van der Waals surface area contributed by atoms with E-state index in [1.165, 1.54) is 69.3 Å². The van der Waals surface area contributed by atoms with Crippen LogP contribution in [0.5, 0.6) is 0 Å². The summed E-state index contributed by atoms with van der Waals surface area (Å²) in [4.78, 5) is 2.56. The SMILES string of the molecule is CC(N)c1ccc(N2CCC3(CCCCC3)CC2)cc1. The first-order valence-electron chi connectivity index (χ1n) is 8.29. The summed E-state index contributed by atoms with van der Waals surface area (Å²) in [6, 6.07) is 9.00. The Hall–Kier alpha value is -1.02. The van der Waals surface area contributed by atoms with E-state index in [-0.39, 0.29) is 6.04 Å². The second-order valence-electron chi connectivity index (χ2n) is 6.93. The molecule has 1 aliphatic carbocycles. The number of anilines is 1. The van der Waals surface area contributed by atoms with Crippen LogP contribution in [0.2, 0.25) is 0 Å². The molecule has 1 unspecified atom stereocenters. The van der Waals surface area contributed by atoms with Crippen molar-refractivity contribution >= 4 is 5.69 Å². The highest BCUT2D eigenvalue weighted by atomic mass is 15.1. The zero-order chi connectivity index (χ0) is 14.0. The maximum Gasteiger partial charge on any atom is 0.0366 e. The van der Waals surface area contributed by atoms with Crippen LogP contribution < -0.4 is 10.6 Å². The maximum atomic E-state index is 5.92. The van der Waals surface area contributed by atoms with Crippen LogP contribution in [0.3, 0.4) is 0 Å². The van der Waals surface area contributed by atoms with Crippen LogP contribution in [0.25, 0.3) is 0 Å². The van der Waals surface area contributed by atoms with Gasteiger partial charge < -0.3 is 10.6 Å². The molecule has 1 heterocycles. The van der Waals surface area contributed by atoms with E-state index in [0.29, 0.717) is 5.41 Å². The molecule has 110 valence electrons. The number of nitrogens with two attached hydrogens (primary N) is 1. The molecule has 1 spiro atoms. The van der Waals surface area contributed by atoms with Gasteiger partial charge in [0.1, 0.15) is 0 Å². The van der Waals surface area contributed by atoms with Gasteiger partial charge in [0, 0.05) is 24.8 Å². The third-order valence-electron chi connectivity index (χ3n) is 5.52. The minimum Gasteiger partial charge on any atom is -0.371 e. The molecule has 1 saturated carbocycles. The molecule has 1 aliphatic heterocycles. The number of rotatable bonds is 2. The molecular weight excluding hydrogens is 244 g/mol. The second-order valence-corrected chi connectivity index (χ2v) is 6.93. The molecule has 1 aromatic carbocycles. The van der Waals surface area contributed by atoms with Crippen LogP contribution in [0, 0.1) is 5.41 Å². The lowest BCUT2D eigenvalue weighted by atomic mass is 9.68. The first kappa shape index (κ1) is 13.9. The Bertz CT molecular complexity index is 419. The fourth-order valence-corrected chi connectivity index (χ4v) is 4.03. The highest BCUT2D eigenvalue weighted by Gasteiger charge is 2.35. The Morgan fingerprint density at radius 1 is 0.950 bits per heavy atom. The van der Waals surface area contributed by atoms with Gasteiger partial charge in [-0.25, -0.2) is 0 Å². The van der Waals surface area contributed by atoms with Crippen LogP contribution in [0.1, 0.15) is 63.5 Å².